The van der Waals surface area contributed by atoms with Crippen LogP contribution in [0.4, 0.5) is 23.7 Å². The summed E-state index contributed by atoms with van der Waals surface area (Å²) in [7, 11) is 0. The Hall–Kier alpha value is -2.25. The molecule has 1 rings (SSSR count). The average molecular weight is 360 g/mol. The molecule has 0 bridgehead atoms. The Kier molecular flexibility index (Phi) is 6.84. The molecule has 0 unspecified atom stereocenters. The molecule has 0 fully saturated rings. The number of halogens is 3. The molecule has 25 heavy (non-hydrogen) atoms. The van der Waals surface area contributed by atoms with Crippen LogP contribution < -0.4 is 10.6 Å². The number of ether oxygens (including phenoxy) is 1. The number of hydrogen-bond acceptors (Lipinski definition) is 3. The van der Waals surface area contributed by atoms with Gasteiger partial charge in [0.05, 0.1) is 5.56 Å². The lowest BCUT2D eigenvalue weighted by Gasteiger charge is -2.19. The number of aryl methyl sites for hydroxylation is 1. The molecule has 2 amide bonds. The predicted octanol–water partition coefficient (Wildman–Crippen LogP) is 4.26. The first kappa shape index (κ1) is 20.8. The monoisotopic (exact) mass is 360 g/mol. The largest absolute Gasteiger partial charge is 0.444 e. The summed E-state index contributed by atoms with van der Waals surface area (Å²) < 4.78 is 43.6. The second kappa shape index (κ2) is 8.22. The van der Waals surface area contributed by atoms with Gasteiger partial charge in [-0.25, -0.2) is 4.79 Å². The quantitative estimate of drug-likeness (QED) is 0.771. The lowest BCUT2D eigenvalue weighted by molar-refractivity contribution is -0.138. The van der Waals surface area contributed by atoms with Crippen LogP contribution in [0.2, 0.25) is 0 Å². The third kappa shape index (κ3) is 7.91. The summed E-state index contributed by atoms with van der Waals surface area (Å²) in [5, 5.41) is 4.93. The normalized spacial score (nSPS) is 11.8. The molecule has 0 aliphatic rings. The van der Waals surface area contributed by atoms with Crippen molar-refractivity contribution < 1.29 is 27.5 Å². The molecular weight excluding hydrogens is 337 g/mol. The van der Waals surface area contributed by atoms with E-state index >= 15 is 0 Å². The van der Waals surface area contributed by atoms with Gasteiger partial charge in [-0.1, -0.05) is 6.07 Å². The fourth-order valence-electron chi connectivity index (χ4n) is 1.98. The second-order valence-corrected chi connectivity index (χ2v) is 6.61. The van der Waals surface area contributed by atoms with Gasteiger partial charge in [0.25, 0.3) is 0 Å². The van der Waals surface area contributed by atoms with E-state index in [4.69, 9.17) is 4.74 Å². The van der Waals surface area contributed by atoms with Crippen molar-refractivity contribution >= 4 is 17.7 Å². The first-order valence-electron chi connectivity index (χ1n) is 7.83. The van der Waals surface area contributed by atoms with Crippen molar-refractivity contribution in [2.45, 2.75) is 52.3 Å². The third-order valence-corrected chi connectivity index (χ3v) is 3.08. The van der Waals surface area contributed by atoms with Crippen molar-refractivity contribution in [2.24, 2.45) is 0 Å². The SMILES string of the molecule is Cc1ccc(NC(=O)CCCNC(=O)OC(C)(C)C)cc1C(F)(F)F. The zero-order chi connectivity index (χ0) is 19.3. The Bertz CT molecular complexity index is 623. The Morgan fingerprint density at radius 1 is 1.16 bits per heavy atom. The van der Waals surface area contributed by atoms with Gasteiger partial charge in [-0.15, -0.1) is 0 Å². The number of rotatable bonds is 5. The highest BCUT2D eigenvalue weighted by atomic mass is 19.4. The van der Waals surface area contributed by atoms with E-state index in [2.05, 4.69) is 10.6 Å². The van der Waals surface area contributed by atoms with Gasteiger partial charge >= 0.3 is 12.3 Å². The van der Waals surface area contributed by atoms with Crippen LogP contribution >= 0.6 is 0 Å². The van der Waals surface area contributed by atoms with Gasteiger partial charge < -0.3 is 15.4 Å². The summed E-state index contributed by atoms with van der Waals surface area (Å²) in [6, 6.07) is 3.64. The first-order chi connectivity index (χ1) is 11.4. The molecule has 0 heterocycles. The van der Waals surface area contributed by atoms with Crippen LogP contribution in [0.25, 0.3) is 0 Å². The number of amides is 2. The average Bonchev–Trinajstić information content (AvgIpc) is 2.42. The maximum atomic E-state index is 12.8. The maximum absolute atomic E-state index is 12.8. The summed E-state index contributed by atoms with van der Waals surface area (Å²) in [5.74, 6) is -0.428. The number of hydrogen-bond donors (Lipinski definition) is 2. The number of carbonyl (C=O) groups excluding carboxylic acids is 2. The summed E-state index contributed by atoms with van der Waals surface area (Å²) in [6.07, 6.45) is -4.66. The molecule has 1 aromatic carbocycles. The first-order valence-corrected chi connectivity index (χ1v) is 7.83. The van der Waals surface area contributed by atoms with Crippen molar-refractivity contribution in [1.29, 1.82) is 0 Å². The fourth-order valence-corrected chi connectivity index (χ4v) is 1.98. The molecule has 0 saturated heterocycles. The summed E-state index contributed by atoms with van der Waals surface area (Å²) in [5.41, 5.74) is -1.21. The molecule has 0 aromatic heterocycles. The predicted molar refractivity (Wildman–Crippen MR) is 88.3 cm³/mol. The van der Waals surface area contributed by atoms with E-state index in [0.717, 1.165) is 6.07 Å². The molecule has 8 heteroatoms. The van der Waals surface area contributed by atoms with Gasteiger partial charge in [0.2, 0.25) is 5.91 Å². The molecule has 1 aromatic rings. The van der Waals surface area contributed by atoms with E-state index in [1.165, 1.54) is 19.1 Å². The van der Waals surface area contributed by atoms with E-state index in [1.807, 2.05) is 0 Å². The molecule has 2 N–H and O–H groups in total. The topological polar surface area (TPSA) is 67.4 Å². The Morgan fingerprint density at radius 3 is 2.36 bits per heavy atom. The molecule has 5 nitrogen and oxygen atoms in total. The number of alkyl halides is 3. The number of carbonyl (C=O) groups is 2. The van der Waals surface area contributed by atoms with E-state index in [0.29, 0.717) is 6.42 Å². The minimum absolute atomic E-state index is 0.0605. The molecule has 0 aliphatic heterocycles. The second-order valence-electron chi connectivity index (χ2n) is 6.61. The van der Waals surface area contributed by atoms with Crippen LogP contribution in [0.15, 0.2) is 18.2 Å². The lowest BCUT2D eigenvalue weighted by atomic mass is 10.1. The van der Waals surface area contributed by atoms with Gasteiger partial charge in [0, 0.05) is 18.7 Å². The van der Waals surface area contributed by atoms with E-state index < -0.39 is 29.3 Å². The molecular formula is C17H23F3N2O3. The Balaban J connectivity index is 2.44. The number of nitrogens with one attached hydrogen (secondary N) is 2. The highest BCUT2D eigenvalue weighted by molar-refractivity contribution is 5.90. The summed E-state index contributed by atoms with van der Waals surface area (Å²) in [6.45, 7) is 6.78. The van der Waals surface area contributed by atoms with Crippen molar-refractivity contribution in [1.82, 2.24) is 5.32 Å². The minimum Gasteiger partial charge on any atom is -0.444 e. The van der Waals surface area contributed by atoms with Crippen molar-refractivity contribution in [3.8, 4) is 0 Å². The molecule has 0 saturated carbocycles. The highest BCUT2D eigenvalue weighted by Crippen LogP contribution is 2.33. The molecule has 0 atom stereocenters. The minimum atomic E-state index is -4.47. The molecule has 0 radical (unpaired) electrons. The summed E-state index contributed by atoms with van der Waals surface area (Å²) >= 11 is 0. The van der Waals surface area contributed by atoms with Crippen molar-refractivity contribution in [2.75, 3.05) is 11.9 Å². The maximum Gasteiger partial charge on any atom is 0.416 e. The number of anilines is 1. The molecule has 140 valence electrons. The van der Waals surface area contributed by atoms with Crippen molar-refractivity contribution in [3.05, 3.63) is 29.3 Å². The van der Waals surface area contributed by atoms with Crippen LogP contribution in [0.5, 0.6) is 0 Å². The standard InChI is InChI=1S/C17H23F3N2O3/c1-11-7-8-12(10-13(11)17(18,19)20)22-14(23)6-5-9-21-15(24)25-16(2,3)4/h7-8,10H,5-6,9H2,1-4H3,(H,21,24)(H,22,23). The van der Waals surface area contributed by atoms with E-state index in [1.54, 1.807) is 20.8 Å². The van der Waals surface area contributed by atoms with Gasteiger partial charge in [-0.05, 0) is 51.8 Å². The van der Waals surface area contributed by atoms with Crippen LogP contribution in [0, 0.1) is 6.92 Å². The fraction of sp³-hybridized carbons (Fsp3) is 0.529. The van der Waals surface area contributed by atoms with Gasteiger partial charge in [-0.2, -0.15) is 13.2 Å². The Labute approximate surface area is 144 Å². The third-order valence-electron chi connectivity index (χ3n) is 3.08. The van der Waals surface area contributed by atoms with E-state index in [-0.39, 0.29) is 24.2 Å². The van der Waals surface area contributed by atoms with Crippen LogP contribution in [0.3, 0.4) is 0 Å². The highest BCUT2D eigenvalue weighted by Gasteiger charge is 2.32. The van der Waals surface area contributed by atoms with Crippen LogP contribution in [0.1, 0.15) is 44.7 Å². The van der Waals surface area contributed by atoms with Crippen LogP contribution in [-0.4, -0.2) is 24.1 Å². The smallest absolute Gasteiger partial charge is 0.416 e. The van der Waals surface area contributed by atoms with Gasteiger partial charge in [-0.3, -0.25) is 4.79 Å². The molecule has 0 spiro atoms. The lowest BCUT2D eigenvalue weighted by Crippen LogP contribution is -2.33. The van der Waals surface area contributed by atoms with Gasteiger partial charge in [0.1, 0.15) is 5.60 Å². The van der Waals surface area contributed by atoms with Crippen LogP contribution in [-0.2, 0) is 15.7 Å². The zero-order valence-corrected chi connectivity index (χ0v) is 14.7. The van der Waals surface area contributed by atoms with E-state index in [9.17, 15) is 22.8 Å². The summed E-state index contributed by atoms with van der Waals surface area (Å²) in [4.78, 5) is 23.2. The number of alkyl carbamates (subject to hydrolysis) is 1. The number of benzene rings is 1. The van der Waals surface area contributed by atoms with Gasteiger partial charge in [0.15, 0.2) is 0 Å². The Morgan fingerprint density at radius 2 is 1.80 bits per heavy atom. The zero-order valence-electron chi connectivity index (χ0n) is 14.7. The van der Waals surface area contributed by atoms with Crippen molar-refractivity contribution in [3.63, 3.8) is 0 Å². The molecule has 0 aliphatic carbocycles.